The van der Waals surface area contributed by atoms with Crippen LogP contribution >= 0.6 is 0 Å². The van der Waals surface area contributed by atoms with Crippen LogP contribution in [0.1, 0.15) is 32.3 Å². The van der Waals surface area contributed by atoms with Crippen molar-refractivity contribution < 1.29 is 14.0 Å². The van der Waals surface area contributed by atoms with E-state index in [1.807, 2.05) is 0 Å². The minimum Gasteiger partial charge on any atom is -0.320 e. The van der Waals surface area contributed by atoms with Gasteiger partial charge in [-0.2, -0.15) is 0 Å². The number of halogens is 1. The number of rotatable bonds is 2. The molecule has 2 rings (SSSR count). The van der Waals surface area contributed by atoms with Gasteiger partial charge in [-0.15, -0.1) is 0 Å². The summed E-state index contributed by atoms with van der Waals surface area (Å²) in [7, 11) is 0. The van der Waals surface area contributed by atoms with Crippen LogP contribution in [0.5, 0.6) is 0 Å². The number of likely N-dealkylation sites (tertiary alicyclic amines) is 1. The zero-order valence-corrected chi connectivity index (χ0v) is 11.0. The average molecular weight is 264 g/mol. The molecule has 1 atom stereocenters. The summed E-state index contributed by atoms with van der Waals surface area (Å²) in [4.78, 5) is 25.3. The fourth-order valence-electron chi connectivity index (χ4n) is 2.38. The van der Waals surface area contributed by atoms with Crippen molar-refractivity contribution in [1.82, 2.24) is 4.90 Å². The van der Waals surface area contributed by atoms with Crippen molar-refractivity contribution in [1.29, 1.82) is 0 Å². The zero-order valence-electron chi connectivity index (χ0n) is 11.0. The third kappa shape index (κ3) is 2.38. The van der Waals surface area contributed by atoms with Crippen molar-refractivity contribution in [2.45, 2.75) is 38.3 Å². The van der Waals surface area contributed by atoms with E-state index in [1.54, 1.807) is 26.0 Å². The van der Waals surface area contributed by atoms with Gasteiger partial charge >= 0.3 is 0 Å². The first kappa shape index (κ1) is 13.7. The molecule has 0 unspecified atom stereocenters. The van der Waals surface area contributed by atoms with Gasteiger partial charge in [0.2, 0.25) is 11.8 Å². The van der Waals surface area contributed by atoms with Crippen molar-refractivity contribution in [3.63, 3.8) is 0 Å². The van der Waals surface area contributed by atoms with E-state index in [2.05, 4.69) is 0 Å². The van der Waals surface area contributed by atoms with Gasteiger partial charge in [0.05, 0.1) is 11.6 Å². The number of piperidine rings is 1. The lowest BCUT2D eigenvalue weighted by Crippen LogP contribution is -2.58. The van der Waals surface area contributed by atoms with Crippen LogP contribution in [0.4, 0.5) is 4.39 Å². The Bertz CT molecular complexity index is 511. The maximum Gasteiger partial charge on any atom is 0.246 e. The molecule has 0 bridgehead atoms. The highest BCUT2D eigenvalue weighted by atomic mass is 19.1. The Balaban J connectivity index is 2.39. The van der Waals surface area contributed by atoms with E-state index in [0.717, 1.165) is 0 Å². The Morgan fingerprint density at radius 2 is 1.84 bits per heavy atom. The van der Waals surface area contributed by atoms with Crippen LogP contribution in [0.25, 0.3) is 0 Å². The summed E-state index contributed by atoms with van der Waals surface area (Å²) in [6.45, 7) is 3.52. The van der Waals surface area contributed by atoms with Gasteiger partial charge in [0.15, 0.2) is 0 Å². The van der Waals surface area contributed by atoms with Crippen molar-refractivity contribution in [2.24, 2.45) is 5.73 Å². The van der Waals surface area contributed by atoms with E-state index in [-0.39, 0.29) is 24.1 Å². The standard InChI is InChI=1S/C14H17FN2O2/c1-14(2,9-3-5-10(15)6-4-9)17-12(18)8-7-11(16)13(17)19/h3-6,11H,7-8,16H2,1-2H3/t11-/m0/s1. The first-order chi connectivity index (χ1) is 8.84. The molecule has 1 fully saturated rings. The van der Waals surface area contributed by atoms with Gasteiger partial charge < -0.3 is 5.73 Å². The lowest BCUT2D eigenvalue weighted by Gasteiger charge is -2.41. The Hall–Kier alpha value is -1.75. The molecular formula is C14H17FN2O2. The van der Waals surface area contributed by atoms with Crippen LogP contribution in [0.2, 0.25) is 0 Å². The number of carbonyl (C=O) groups is 2. The topological polar surface area (TPSA) is 63.4 Å². The van der Waals surface area contributed by atoms with Gasteiger partial charge in [0.1, 0.15) is 5.82 Å². The third-order valence-electron chi connectivity index (χ3n) is 3.57. The molecule has 0 spiro atoms. The molecule has 1 aromatic rings. The van der Waals surface area contributed by atoms with Gasteiger partial charge in [0.25, 0.3) is 0 Å². The van der Waals surface area contributed by atoms with Crippen LogP contribution < -0.4 is 5.73 Å². The fraction of sp³-hybridized carbons (Fsp3) is 0.429. The number of hydrogen-bond donors (Lipinski definition) is 1. The number of benzene rings is 1. The van der Waals surface area contributed by atoms with Crippen molar-refractivity contribution in [3.05, 3.63) is 35.6 Å². The number of imide groups is 1. The molecule has 1 heterocycles. The summed E-state index contributed by atoms with van der Waals surface area (Å²) in [5.74, 6) is -0.959. The maximum atomic E-state index is 13.0. The summed E-state index contributed by atoms with van der Waals surface area (Å²) >= 11 is 0. The molecule has 19 heavy (non-hydrogen) atoms. The molecule has 0 aromatic heterocycles. The Kier molecular flexibility index (Phi) is 3.41. The van der Waals surface area contributed by atoms with E-state index >= 15 is 0 Å². The number of nitrogens with two attached hydrogens (primary N) is 1. The summed E-state index contributed by atoms with van der Waals surface area (Å²) in [6.07, 6.45) is 0.644. The molecule has 1 aliphatic rings. The van der Waals surface area contributed by atoms with Crippen LogP contribution in [0.3, 0.4) is 0 Å². The predicted molar refractivity (Wildman–Crippen MR) is 68.5 cm³/mol. The molecule has 2 N–H and O–H groups in total. The SMILES string of the molecule is CC(C)(c1ccc(F)cc1)N1C(=O)CC[C@H](N)C1=O. The lowest BCUT2D eigenvalue weighted by atomic mass is 9.89. The Morgan fingerprint density at radius 3 is 2.42 bits per heavy atom. The molecule has 0 radical (unpaired) electrons. The van der Waals surface area contributed by atoms with Crippen LogP contribution in [0.15, 0.2) is 24.3 Å². The molecule has 1 aliphatic heterocycles. The van der Waals surface area contributed by atoms with Crippen molar-refractivity contribution in [2.75, 3.05) is 0 Å². The van der Waals surface area contributed by atoms with Crippen LogP contribution in [-0.4, -0.2) is 22.8 Å². The lowest BCUT2D eigenvalue weighted by molar-refractivity contribution is -0.156. The predicted octanol–water partition coefficient (Wildman–Crippen LogP) is 1.54. The van der Waals surface area contributed by atoms with Crippen molar-refractivity contribution >= 4 is 11.8 Å². The van der Waals surface area contributed by atoms with E-state index in [0.29, 0.717) is 12.0 Å². The van der Waals surface area contributed by atoms with Crippen LogP contribution in [0, 0.1) is 5.82 Å². The summed E-state index contributed by atoms with van der Waals surface area (Å²) in [5.41, 5.74) is 5.59. The summed E-state index contributed by atoms with van der Waals surface area (Å²) in [6, 6.07) is 5.15. The van der Waals surface area contributed by atoms with Crippen LogP contribution in [-0.2, 0) is 15.1 Å². The van der Waals surface area contributed by atoms with Crippen molar-refractivity contribution in [3.8, 4) is 0 Å². The second-order valence-electron chi connectivity index (χ2n) is 5.28. The highest BCUT2D eigenvalue weighted by molar-refractivity contribution is 6.01. The molecule has 5 heteroatoms. The smallest absolute Gasteiger partial charge is 0.246 e. The number of hydrogen-bond acceptors (Lipinski definition) is 3. The minimum atomic E-state index is -0.833. The molecule has 0 aliphatic carbocycles. The normalized spacial score (nSPS) is 20.8. The zero-order chi connectivity index (χ0) is 14.2. The first-order valence-corrected chi connectivity index (χ1v) is 6.22. The van der Waals surface area contributed by atoms with E-state index in [4.69, 9.17) is 5.73 Å². The first-order valence-electron chi connectivity index (χ1n) is 6.22. The molecular weight excluding hydrogens is 247 g/mol. The molecule has 2 amide bonds. The molecule has 1 aromatic carbocycles. The Morgan fingerprint density at radius 1 is 1.26 bits per heavy atom. The molecule has 1 saturated heterocycles. The highest BCUT2D eigenvalue weighted by Crippen LogP contribution is 2.31. The second kappa shape index (κ2) is 4.74. The van der Waals surface area contributed by atoms with Gasteiger partial charge in [-0.1, -0.05) is 12.1 Å². The second-order valence-corrected chi connectivity index (χ2v) is 5.28. The average Bonchev–Trinajstić information content (AvgIpc) is 2.34. The fourth-order valence-corrected chi connectivity index (χ4v) is 2.38. The van der Waals surface area contributed by atoms with Gasteiger partial charge in [-0.3, -0.25) is 14.5 Å². The summed E-state index contributed by atoms with van der Waals surface area (Å²) < 4.78 is 13.0. The van der Waals surface area contributed by atoms with Gasteiger partial charge in [-0.25, -0.2) is 4.39 Å². The number of nitrogens with zero attached hydrogens (tertiary/aromatic N) is 1. The van der Waals surface area contributed by atoms with E-state index in [1.165, 1.54) is 17.0 Å². The summed E-state index contributed by atoms with van der Waals surface area (Å²) in [5, 5.41) is 0. The largest absolute Gasteiger partial charge is 0.320 e. The van der Waals surface area contributed by atoms with E-state index < -0.39 is 11.6 Å². The van der Waals surface area contributed by atoms with Gasteiger partial charge in [0, 0.05) is 6.42 Å². The van der Waals surface area contributed by atoms with Gasteiger partial charge in [-0.05, 0) is 38.0 Å². The maximum absolute atomic E-state index is 13.0. The Labute approximate surface area is 111 Å². The van der Waals surface area contributed by atoms with E-state index in [9.17, 15) is 14.0 Å². The molecule has 0 saturated carbocycles. The highest BCUT2D eigenvalue weighted by Gasteiger charge is 2.42. The molecule has 102 valence electrons. The number of amides is 2. The quantitative estimate of drug-likeness (QED) is 0.824. The minimum absolute atomic E-state index is 0.235. The molecule has 4 nitrogen and oxygen atoms in total. The third-order valence-corrected chi connectivity index (χ3v) is 3.57. The number of carbonyl (C=O) groups excluding carboxylic acids is 2. The monoisotopic (exact) mass is 264 g/mol.